The minimum Gasteiger partial charge on any atom is -0.444 e. The van der Waals surface area contributed by atoms with Crippen LogP contribution in [0.1, 0.15) is 72.6 Å². The Hall–Kier alpha value is -0.770. The molecule has 0 aromatic carbocycles. The van der Waals surface area contributed by atoms with Gasteiger partial charge in [-0.05, 0) is 40.0 Å². The van der Waals surface area contributed by atoms with Gasteiger partial charge in [-0.2, -0.15) is 0 Å². The maximum atomic E-state index is 12.2. The lowest BCUT2D eigenvalue weighted by atomic mass is 10.1. The van der Waals surface area contributed by atoms with E-state index in [0.717, 1.165) is 26.1 Å². The molecule has 0 unspecified atom stereocenters. The molecule has 0 aromatic heterocycles. The number of carbonyl (C=O) groups is 1. The summed E-state index contributed by atoms with van der Waals surface area (Å²) in [4.78, 5) is 14.0. The van der Waals surface area contributed by atoms with E-state index >= 15 is 0 Å². The van der Waals surface area contributed by atoms with E-state index in [-0.39, 0.29) is 6.09 Å². The molecular weight excluding hydrogens is 264 g/mol. The number of nitrogens with one attached hydrogen (secondary N) is 1. The molecule has 4 heteroatoms. The normalized spacial score (nSPS) is 17.3. The first-order valence-corrected chi connectivity index (χ1v) is 8.63. The first-order valence-electron chi connectivity index (χ1n) is 8.63. The Morgan fingerprint density at radius 2 is 1.76 bits per heavy atom. The molecule has 1 amide bonds. The van der Waals surface area contributed by atoms with Crippen molar-refractivity contribution in [1.82, 2.24) is 10.2 Å². The van der Waals surface area contributed by atoms with Gasteiger partial charge in [0.15, 0.2) is 0 Å². The average molecular weight is 298 g/mol. The molecule has 0 radical (unpaired) electrons. The zero-order valence-corrected chi connectivity index (χ0v) is 14.4. The number of hydrogen-bond donors (Lipinski definition) is 1. The Kier molecular flexibility index (Phi) is 8.09. The number of amides is 1. The van der Waals surface area contributed by atoms with Crippen molar-refractivity contribution in [2.75, 3.05) is 19.6 Å². The summed E-state index contributed by atoms with van der Waals surface area (Å²) in [6.45, 7) is 10.2. The highest BCUT2D eigenvalue weighted by Crippen LogP contribution is 2.17. The predicted molar refractivity (Wildman–Crippen MR) is 87.6 cm³/mol. The van der Waals surface area contributed by atoms with Crippen LogP contribution < -0.4 is 5.32 Å². The van der Waals surface area contributed by atoms with E-state index in [2.05, 4.69) is 12.2 Å². The van der Waals surface area contributed by atoms with Crippen molar-refractivity contribution in [2.24, 2.45) is 0 Å². The molecule has 0 saturated heterocycles. The van der Waals surface area contributed by atoms with Crippen molar-refractivity contribution in [3.63, 3.8) is 0 Å². The van der Waals surface area contributed by atoms with Crippen LogP contribution in [0.3, 0.4) is 0 Å². The second kappa shape index (κ2) is 9.29. The first kappa shape index (κ1) is 18.3. The summed E-state index contributed by atoms with van der Waals surface area (Å²) in [5, 5.41) is 3.62. The Labute approximate surface area is 130 Å². The lowest BCUT2D eigenvalue weighted by Gasteiger charge is -2.28. The van der Waals surface area contributed by atoms with Gasteiger partial charge in [-0.3, -0.25) is 0 Å². The number of hydrogen-bond acceptors (Lipinski definition) is 3. The van der Waals surface area contributed by atoms with Crippen molar-refractivity contribution >= 4 is 6.09 Å². The van der Waals surface area contributed by atoms with Gasteiger partial charge < -0.3 is 15.0 Å². The summed E-state index contributed by atoms with van der Waals surface area (Å²) >= 11 is 0. The number of nitrogens with zero attached hydrogens (tertiary/aromatic N) is 1. The van der Waals surface area contributed by atoms with Crippen LogP contribution in [0.25, 0.3) is 0 Å². The molecule has 1 rings (SSSR count). The van der Waals surface area contributed by atoms with Gasteiger partial charge in [0.2, 0.25) is 0 Å². The lowest BCUT2D eigenvalue weighted by Crippen LogP contribution is -2.42. The van der Waals surface area contributed by atoms with Gasteiger partial charge in [0, 0.05) is 25.7 Å². The van der Waals surface area contributed by atoms with Crippen molar-refractivity contribution in [3.8, 4) is 0 Å². The number of ether oxygens (including phenoxy) is 1. The Balaban J connectivity index is 2.34. The Morgan fingerprint density at radius 3 is 2.29 bits per heavy atom. The highest BCUT2D eigenvalue weighted by atomic mass is 16.6. The molecule has 1 aliphatic carbocycles. The van der Waals surface area contributed by atoms with Gasteiger partial charge in [-0.1, -0.05) is 32.6 Å². The van der Waals surface area contributed by atoms with E-state index in [4.69, 9.17) is 4.74 Å². The van der Waals surface area contributed by atoms with Crippen LogP contribution in [0.4, 0.5) is 4.79 Å². The largest absolute Gasteiger partial charge is 0.444 e. The molecule has 1 saturated carbocycles. The highest BCUT2D eigenvalue weighted by molar-refractivity contribution is 5.68. The maximum Gasteiger partial charge on any atom is 0.410 e. The van der Waals surface area contributed by atoms with Crippen molar-refractivity contribution in [1.29, 1.82) is 0 Å². The van der Waals surface area contributed by atoms with E-state index in [0.29, 0.717) is 6.04 Å². The molecular formula is C17H34N2O2. The van der Waals surface area contributed by atoms with Gasteiger partial charge in [0.05, 0.1) is 0 Å². The molecule has 1 N–H and O–H groups in total. The molecule has 0 spiro atoms. The molecule has 0 bridgehead atoms. The van der Waals surface area contributed by atoms with E-state index in [1.54, 1.807) is 0 Å². The molecule has 4 nitrogen and oxygen atoms in total. The van der Waals surface area contributed by atoms with E-state index in [1.807, 2.05) is 25.7 Å². The standard InChI is InChI=1S/C17H34N2O2/c1-5-13-19(16(20)21-17(2,3)4)14-12-18-15-10-8-6-7-9-11-15/h15,18H,5-14H2,1-4H3. The molecule has 21 heavy (non-hydrogen) atoms. The number of carbonyl (C=O) groups excluding carboxylic acids is 1. The highest BCUT2D eigenvalue weighted by Gasteiger charge is 2.21. The van der Waals surface area contributed by atoms with Crippen LogP contribution in [0.15, 0.2) is 0 Å². The lowest BCUT2D eigenvalue weighted by molar-refractivity contribution is 0.0250. The fourth-order valence-corrected chi connectivity index (χ4v) is 2.78. The summed E-state index contributed by atoms with van der Waals surface area (Å²) in [5.74, 6) is 0. The van der Waals surface area contributed by atoms with Crippen molar-refractivity contribution < 1.29 is 9.53 Å². The number of rotatable bonds is 6. The van der Waals surface area contributed by atoms with Crippen LogP contribution >= 0.6 is 0 Å². The molecule has 0 aromatic rings. The second-order valence-corrected chi connectivity index (χ2v) is 7.11. The summed E-state index contributed by atoms with van der Waals surface area (Å²) in [6, 6.07) is 0.634. The van der Waals surface area contributed by atoms with E-state index < -0.39 is 5.60 Å². The fraction of sp³-hybridized carbons (Fsp3) is 0.941. The van der Waals surface area contributed by atoms with Gasteiger partial charge in [-0.15, -0.1) is 0 Å². The first-order chi connectivity index (χ1) is 9.92. The van der Waals surface area contributed by atoms with Crippen LogP contribution in [0, 0.1) is 0 Å². The Morgan fingerprint density at radius 1 is 1.14 bits per heavy atom. The molecule has 0 aliphatic heterocycles. The zero-order chi connectivity index (χ0) is 15.7. The third kappa shape index (κ3) is 8.30. The summed E-state index contributed by atoms with van der Waals surface area (Å²) in [7, 11) is 0. The quantitative estimate of drug-likeness (QED) is 0.755. The Bertz CT molecular complexity index is 292. The van der Waals surface area contributed by atoms with Crippen LogP contribution in [0.5, 0.6) is 0 Å². The van der Waals surface area contributed by atoms with Crippen LogP contribution in [-0.2, 0) is 4.74 Å². The second-order valence-electron chi connectivity index (χ2n) is 7.11. The summed E-state index contributed by atoms with van der Waals surface area (Å²) in [5.41, 5.74) is -0.419. The van der Waals surface area contributed by atoms with E-state index in [9.17, 15) is 4.79 Å². The zero-order valence-electron chi connectivity index (χ0n) is 14.4. The topological polar surface area (TPSA) is 41.6 Å². The molecule has 1 fully saturated rings. The average Bonchev–Trinajstić information content (AvgIpc) is 2.64. The third-order valence-electron chi connectivity index (χ3n) is 3.82. The molecule has 1 aliphatic rings. The summed E-state index contributed by atoms with van der Waals surface area (Å²) in [6.07, 6.45) is 8.75. The maximum absolute atomic E-state index is 12.2. The third-order valence-corrected chi connectivity index (χ3v) is 3.82. The summed E-state index contributed by atoms with van der Waals surface area (Å²) < 4.78 is 5.47. The van der Waals surface area contributed by atoms with E-state index in [1.165, 1.54) is 38.5 Å². The minimum absolute atomic E-state index is 0.188. The van der Waals surface area contributed by atoms with Crippen LogP contribution in [-0.4, -0.2) is 42.3 Å². The van der Waals surface area contributed by atoms with Crippen LogP contribution in [0.2, 0.25) is 0 Å². The molecule has 0 heterocycles. The van der Waals surface area contributed by atoms with Gasteiger partial charge in [0.25, 0.3) is 0 Å². The SMILES string of the molecule is CCCN(CCNC1CCCCCC1)C(=O)OC(C)(C)C. The van der Waals surface area contributed by atoms with Gasteiger partial charge in [-0.25, -0.2) is 4.79 Å². The predicted octanol–water partition coefficient (Wildman–Crippen LogP) is 3.95. The fourth-order valence-electron chi connectivity index (χ4n) is 2.78. The molecule has 124 valence electrons. The molecule has 0 atom stereocenters. The van der Waals surface area contributed by atoms with Crippen molar-refractivity contribution in [2.45, 2.75) is 84.3 Å². The van der Waals surface area contributed by atoms with Gasteiger partial charge >= 0.3 is 6.09 Å². The minimum atomic E-state index is -0.419. The van der Waals surface area contributed by atoms with Crippen molar-refractivity contribution in [3.05, 3.63) is 0 Å². The van der Waals surface area contributed by atoms with Gasteiger partial charge in [0.1, 0.15) is 5.60 Å². The monoisotopic (exact) mass is 298 g/mol. The smallest absolute Gasteiger partial charge is 0.410 e.